The number of quaternary nitrogens is 2. The first kappa shape index (κ1) is 99.0. The quantitative estimate of drug-likeness (QED) is 0.0138. The molecule has 18 nitrogen and oxygen atoms in total. The molecule has 4 atom stereocenters. The van der Waals surface area contributed by atoms with Gasteiger partial charge in [-0.3, -0.25) is 28.3 Å². The van der Waals surface area contributed by atoms with Crippen molar-refractivity contribution >= 4 is 39.5 Å². The topological polar surface area (TPSA) is 222 Å². The number of hydrogen-bond acceptors (Lipinski definition) is 16. The number of esters is 4. The first-order chi connectivity index (χ1) is 48.0. The van der Waals surface area contributed by atoms with Crippen LogP contribution in [0, 0.1) is 0 Å². The molecular formula is C80H152N2O16P2. The number of unbranched alkanes of at least 4 members (excludes halogenated alkanes) is 36. The lowest BCUT2D eigenvalue weighted by molar-refractivity contribution is -0.870. The molecule has 100 heavy (non-hydrogen) atoms. The van der Waals surface area contributed by atoms with E-state index in [9.17, 15) is 38.1 Å². The summed E-state index contributed by atoms with van der Waals surface area (Å²) in [6.07, 6.45) is 67.4. The molecule has 0 N–H and O–H groups in total. The van der Waals surface area contributed by atoms with E-state index in [1.54, 1.807) is 0 Å². The van der Waals surface area contributed by atoms with Crippen LogP contribution in [0.1, 0.15) is 336 Å². The zero-order valence-electron chi connectivity index (χ0n) is 65.7. The first-order valence-corrected chi connectivity index (χ1v) is 43.0. The molecule has 0 aliphatic heterocycles. The summed E-state index contributed by atoms with van der Waals surface area (Å²) in [6.45, 7) is 8.27. The van der Waals surface area contributed by atoms with Crippen LogP contribution in [-0.2, 0) is 65.4 Å². The number of carbonyl (C=O) groups is 4. The van der Waals surface area contributed by atoms with Gasteiger partial charge in [-0.1, -0.05) is 288 Å². The molecule has 588 valence electrons. The van der Waals surface area contributed by atoms with Gasteiger partial charge in [0.15, 0.2) is 12.2 Å². The van der Waals surface area contributed by atoms with Crippen LogP contribution in [-0.4, -0.2) is 140 Å². The molecule has 4 unspecified atom stereocenters. The van der Waals surface area contributed by atoms with Crippen molar-refractivity contribution < 1.29 is 84.1 Å². The van der Waals surface area contributed by atoms with Gasteiger partial charge in [0.05, 0.1) is 55.5 Å². The van der Waals surface area contributed by atoms with Crippen LogP contribution >= 0.6 is 15.6 Å². The smallest absolute Gasteiger partial charge is 0.306 e. The van der Waals surface area contributed by atoms with Gasteiger partial charge in [-0.05, 0) is 70.6 Å². The number of hydrogen-bond donors (Lipinski definition) is 0. The van der Waals surface area contributed by atoms with Gasteiger partial charge in [0.25, 0.3) is 15.6 Å². The minimum atomic E-state index is -4.63. The highest BCUT2D eigenvalue weighted by Crippen LogP contribution is 2.39. The van der Waals surface area contributed by atoms with Crippen molar-refractivity contribution in [2.45, 2.75) is 348 Å². The maximum atomic E-state index is 12.6. The molecule has 0 spiro atoms. The highest BCUT2D eigenvalue weighted by atomic mass is 31.2. The minimum Gasteiger partial charge on any atom is -0.756 e. The van der Waals surface area contributed by atoms with E-state index in [0.717, 1.165) is 57.8 Å². The Labute approximate surface area is 612 Å². The number of likely N-dealkylation sites (N-methyl/N-ethyl adjacent to an activating group) is 2. The second-order valence-electron chi connectivity index (χ2n) is 29.3. The summed E-state index contributed by atoms with van der Waals surface area (Å²) in [5.74, 6) is -1.86. The van der Waals surface area contributed by atoms with Gasteiger partial charge in [0, 0.05) is 25.7 Å². The zero-order valence-corrected chi connectivity index (χ0v) is 67.5. The number of nitrogens with zero attached hydrogens (tertiary/aromatic N) is 2. The Morgan fingerprint density at radius 2 is 0.560 bits per heavy atom. The Balaban J connectivity index is 0. The van der Waals surface area contributed by atoms with Gasteiger partial charge < -0.3 is 55.8 Å². The maximum absolute atomic E-state index is 12.6. The van der Waals surface area contributed by atoms with Crippen LogP contribution < -0.4 is 9.79 Å². The largest absolute Gasteiger partial charge is 0.756 e. The standard InChI is InChI=1S/2C40H76NO8P/c1-6-8-10-12-14-16-18-19-20-21-23-25-27-29-31-33-40(43)49-38(37-48-50(44,45)47-35-34-41(3,4)5)36-46-39(42)32-30-28-26-24-22-17-15-13-11-9-7-2;1-6-8-10-12-14-16-18-20-22-24-26-28-30-32-39(42)46-36-38(37-48-50(44,45)47-35-34-41(3,4)5)49-40(43)33-31-29-27-25-23-21-19-17-15-13-11-9-7-2/h21,23,27,29,38H,6-20,22,24-26,28,30-37H2,1-5H3;26-29,38H,6-25,30-37H2,1-5H3/b23-21-,29-27-;28-26-,29-27-. The molecule has 0 amide bonds. The molecule has 0 aromatic carbocycles. The van der Waals surface area contributed by atoms with Gasteiger partial charge in [-0.25, -0.2) is 0 Å². The molecule has 0 fully saturated rings. The van der Waals surface area contributed by atoms with Gasteiger partial charge in [-0.15, -0.1) is 0 Å². The van der Waals surface area contributed by atoms with Crippen molar-refractivity contribution in [2.75, 3.05) is 95.0 Å². The van der Waals surface area contributed by atoms with Crippen LogP contribution in [0.4, 0.5) is 0 Å². The minimum absolute atomic E-state index is 0.0383. The van der Waals surface area contributed by atoms with E-state index in [1.165, 1.54) is 205 Å². The van der Waals surface area contributed by atoms with Crippen molar-refractivity contribution in [3.63, 3.8) is 0 Å². The second kappa shape index (κ2) is 70.3. The van der Waals surface area contributed by atoms with E-state index in [-0.39, 0.29) is 52.1 Å². The van der Waals surface area contributed by atoms with Gasteiger partial charge >= 0.3 is 23.9 Å². The summed E-state index contributed by atoms with van der Waals surface area (Å²) in [7, 11) is 2.27. The SMILES string of the molecule is CCCCCCCCCC/C=C\C/C=C\CCC(=O)OC(COC(=O)CCCCCCCCCCCCC)COP(=O)([O-])OCC[N+](C)(C)C.CCCCCCCCCCC/C=C\CCC(=O)OCC(COP(=O)([O-])OCC[N+](C)(C)C)OC(=O)CC/C=C\CCCCCCCCCCC. The van der Waals surface area contributed by atoms with Crippen LogP contribution in [0.15, 0.2) is 48.6 Å². The Bertz CT molecular complexity index is 2130. The lowest BCUT2D eigenvalue weighted by atomic mass is 10.1. The summed E-state index contributed by atoms with van der Waals surface area (Å²) in [5.41, 5.74) is 0. The number of allylic oxidation sites excluding steroid dienone is 8. The van der Waals surface area contributed by atoms with Crippen molar-refractivity contribution in [1.82, 2.24) is 0 Å². The van der Waals surface area contributed by atoms with E-state index in [4.69, 9.17) is 37.0 Å². The Morgan fingerprint density at radius 3 is 0.870 bits per heavy atom. The summed E-state index contributed by atoms with van der Waals surface area (Å²) < 4.78 is 67.3. The molecule has 0 radical (unpaired) electrons. The third-order valence-corrected chi connectivity index (χ3v) is 18.9. The van der Waals surface area contributed by atoms with E-state index in [1.807, 2.05) is 66.6 Å². The monoisotopic (exact) mass is 1460 g/mol. The van der Waals surface area contributed by atoms with E-state index in [0.29, 0.717) is 41.3 Å². The van der Waals surface area contributed by atoms with Crippen LogP contribution in [0.5, 0.6) is 0 Å². The van der Waals surface area contributed by atoms with E-state index in [2.05, 4.69) is 52.0 Å². The number of phosphoric acid groups is 2. The highest BCUT2D eigenvalue weighted by molar-refractivity contribution is 7.46. The molecule has 0 aromatic rings. The molecule has 0 saturated heterocycles. The molecule has 0 aromatic heterocycles. The lowest BCUT2D eigenvalue weighted by Crippen LogP contribution is -2.37. The molecular weight excluding hydrogens is 1310 g/mol. The third kappa shape index (κ3) is 79.1. The van der Waals surface area contributed by atoms with Crippen molar-refractivity contribution in [3.8, 4) is 0 Å². The van der Waals surface area contributed by atoms with Gasteiger partial charge in [0.2, 0.25) is 0 Å². The molecule has 20 heteroatoms. The van der Waals surface area contributed by atoms with E-state index < -0.39 is 64.9 Å². The lowest BCUT2D eigenvalue weighted by Gasteiger charge is -2.28. The fourth-order valence-electron chi connectivity index (χ4n) is 10.6. The summed E-state index contributed by atoms with van der Waals surface area (Å²) in [5, 5.41) is 0. The van der Waals surface area contributed by atoms with Crippen molar-refractivity contribution in [3.05, 3.63) is 48.6 Å². The maximum Gasteiger partial charge on any atom is 0.306 e. The molecule has 0 rings (SSSR count). The highest BCUT2D eigenvalue weighted by Gasteiger charge is 2.24. The van der Waals surface area contributed by atoms with Crippen molar-refractivity contribution in [1.29, 1.82) is 0 Å². The predicted molar refractivity (Wildman–Crippen MR) is 407 cm³/mol. The number of phosphoric ester groups is 2. The van der Waals surface area contributed by atoms with Crippen LogP contribution in [0.2, 0.25) is 0 Å². The summed E-state index contributed by atoms with van der Waals surface area (Å²) in [4.78, 5) is 74.6. The summed E-state index contributed by atoms with van der Waals surface area (Å²) >= 11 is 0. The average Bonchev–Trinajstić information content (AvgIpc) is 0.997. The number of ether oxygens (including phenoxy) is 4. The van der Waals surface area contributed by atoms with Gasteiger partial charge in [0.1, 0.15) is 39.5 Å². The fourth-order valence-corrected chi connectivity index (χ4v) is 12.0. The molecule has 0 bridgehead atoms. The number of rotatable bonds is 72. The molecule has 0 aliphatic carbocycles. The zero-order chi connectivity index (χ0) is 74.4. The Morgan fingerprint density at radius 1 is 0.310 bits per heavy atom. The molecule has 0 heterocycles. The molecule has 0 saturated carbocycles. The predicted octanol–water partition coefficient (Wildman–Crippen LogP) is 20.3. The number of carbonyl (C=O) groups excluding carboxylic acids is 4. The fraction of sp³-hybridized carbons (Fsp3) is 0.850. The normalized spacial score (nSPS) is 14.0. The third-order valence-electron chi connectivity index (χ3n) is 17.0. The first-order valence-electron chi connectivity index (χ1n) is 40.1. The Kier molecular flexibility index (Phi) is 69.6. The average molecular weight is 1460 g/mol. The van der Waals surface area contributed by atoms with Crippen LogP contribution in [0.3, 0.4) is 0 Å². The summed E-state index contributed by atoms with van der Waals surface area (Å²) in [6, 6.07) is 0. The van der Waals surface area contributed by atoms with Crippen molar-refractivity contribution in [2.24, 2.45) is 0 Å². The van der Waals surface area contributed by atoms with Crippen LogP contribution in [0.25, 0.3) is 0 Å². The van der Waals surface area contributed by atoms with E-state index >= 15 is 0 Å². The van der Waals surface area contributed by atoms with Gasteiger partial charge in [-0.2, -0.15) is 0 Å². The second-order valence-corrected chi connectivity index (χ2v) is 32.1. The molecule has 0 aliphatic rings. The Hall–Kier alpha value is -3.02.